The quantitative estimate of drug-likeness (QED) is 0.477. The summed E-state index contributed by atoms with van der Waals surface area (Å²) in [7, 11) is 1.62. The van der Waals surface area contributed by atoms with Crippen LogP contribution in [0.3, 0.4) is 0 Å². The molecule has 174 valence electrons. The Balaban J connectivity index is 1.91. The number of carbonyl (C=O) groups is 2. The van der Waals surface area contributed by atoms with E-state index >= 15 is 0 Å². The van der Waals surface area contributed by atoms with Gasteiger partial charge in [0.1, 0.15) is 17.5 Å². The third kappa shape index (κ3) is 8.61. The molecule has 0 aliphatic rings. The predicted molar refractivity (Wildman–Crippen MR) is 127 cm³/mol. The van der Waals surface area contributed by atoms with E-state index in [0.29, 0.717) is 44.9 Å². The Labute approximate surface area is 191 Å². The summed E-state index contributed by atoms with van der Waals surface area (Å²) >= 11 is 0. The van der Waals surface area contributed by atoms with Crippen LogP contribution in [0.5, 0.6) is 11.5 Å². The monoisotopic (exact) mass is 440 g/mol. The lowest BCUT2D eigenvalue weighted by Crippen LogP contribution is -2.49. The van der Waals surface area contributed by atoms with Gasteiger partial charge in [-0.1, -0.05) is 44.2 Å². The molecule has 6 heteroatoms. The number of hydrogen-bond donors (Lipinski definition) is 1. The van der Waals surface area contributed by atoms with E-state index in [9.17, 15) is 9.59 Å². The van der Waals surface area contributed by atoms with Crippen molar-refractivity contribution in [3.8, 4) is 11.5 Å². The lowest BCUT2D eigenvalue weighted by Gasteiger charge is -2.29. The number of methoxy groups -OCH3 is 1. The average Bonchev–Trinajstić information content (AvgIpc) is 2.81. The molecule has 0 saturated carbocycles. The van der Waals surface area contributed by atoms with Gasteiger partial charge in [0.2, 0.25) is 11.8 Å². The molecule has 2 aromatic carbocycles. The van der Waals surface area contributed by atoms with Crippen LogP contribution < -0.4 is 14.8 Å². The second-order valence-corrected chi connectivity index (χ2v) is 8.27. The van der Waals surface area contributed by atoms with E-state index in [1.807, 2.05) is 68.4 Å². The van der Waals surface area contributed by atoms with Crippen LogP contribution in [0.4, 0.5) is 0 Å². The Hall–Kier alpha value is -3.02. The van der Waals surface area contributed by atoms with Crippen molar-refractivity contribution in [1.29, 1.82) is 0 Å². The first kappa shape index (κ1) is 25.2. The van der Waals surface area contributed by atoms with Crippen LogP contribution in [0, 0.1) is 5.92 Å². The molecule has 2 aromatic rings. The molecular formula is C26H36N2O4. The number of rotatable bonds is 13. The van der Waals surface area contributed by atoms with E-state index in [1.165, 1.54) is 0 Å². The molecule has 1 atom stereocenters. The number of ether oxygens (including phenoxy) is 2. The molecular weight excluding hydrogens is 404 g/mol. The summed E-state index contributed by atoms with van der Waals surface area (Å²) in [6.45, 7) is 7.42. The van der Waals surface area contributed by atoms with Gasteiger partial charge in [-0.3, -0.25) is 9.59 Å². The summed E-state index contributed by atoms with van der Waals surface area (Å²) in [6.07, 6.45) is 1.61. The van der Waals surface area contributed by atoms with Crippen molar-refractivity contribution in [1.82, 2.24) is 10.2 Å². The van der Waals surface area contributed by atoms with Crippen LogP contribution in [0.1, 0.15) is 39.2 Å². The van der Waals surface area contributed by atoms with E-state index in [2.05, 4.69) is 5.32 Å². The van der Waals surface area contributed by atoms with Gasteiger partial charge in [-0.05, 0) is 55.5 Å². The number of nitrogens with zero attached hydrogens (tertiary/aromatic N) is 1. The second-order valence-electron chi connectivity index (χ2n) is 8.27. The highest BCUT2D eigenvalue weighted by Gasteiger charge is 2.25. The summed E-state index contributed by atoms with van der Waals surface area (Å²) in [5.41, 5.74) is 1.14. The van der Waals surface area contributed by atoms with Gasteiger partial charge in [0.05, 0.1) is 13.7 Å². The molecule has 0 saturated heterocycles. The Bertz CT molecular complexity index is 821. The minimum absolute atomic E-state index is 0.0357. The minimum atomic E-state index is -0.521. The lowest BCUT2D eigenvalue weighted by molar-refractivity contribution is -0.140. The van der Waals surface area contributed by atoms with Gasteiger partial charge in [0.25, 0.3) is 0 Å². The summed E-state index contributed by atoms with van der Waals surface area (Å²) < 4.78 is 10.9. The van der Waals surface area contributed by atoms with E-state index < -0.39 is 6.04 Å². The average molecular weight is 441 g/mol. The summed E-state index contributed by atoms with van der Waals surface area (Å²) in [4.78, 5) is 27.3. The van der Waals surface area contributed by atoms with Crippen molar-refractivity contribution >= 4 is 11.8 Å². The Morgan fingerprint density at radius 1 is 0.969 bits per heavy atom. The number of amides is 2. The molecule has 2 amide bonds. The van der Waals surface area contributed by atoms with Crippen LogP contribution in [0.2, 0.25) is 0 Å². The molecule has 2 rings (SSSR count). The van der Waals surface area contributed by atoms with Crippen LogP contribution >= 0.6 is 0 Å². The van der Waals surface area contributed by atoms with E-state index in [0.717, 1.165) is 17.1 Å². The zero-order valence-electron chi connectivity index (χ0n) is 19.7. The first-order valence-corrected chi connectivity index (χ1v) is 11.3. The standard InChI is InChI=1S/C26H36N2O4/c1-20(2)19-27-26(30)21(3)28(17-16-22-9-6-5-7-10-22)25(29)11-8-18-32-24-14-12-23(31-4)13-15-24/h5-7,9-10,12-15,20-21H,8,11,16-19H2,1-4H3,(H,27,30)/t21-/m0/s1. The zero-order valence-corrected chi connectivity index (χ0v) is 19.7. The van der Waals surface area contributed by atoms with Crippen molar-refractivity contribution in [2.75, 3.05) is 26.8 Å². The molecule has 0 aliphatic carbocycles. The van der Waals surface area contributed by atoms with Crippen LogP contribution in [-0.2, 0) is 16.0 Å². The Morgan fingerprint density at radius 2 is 1.62 bits per heavy atom. The fraction of sp³-hybridized carbons (Fsp3) is 0.462. The van der Waals surface area contributed by atoms with E-state index in [1.54, 1.807) is 18.9 Å². The van der Waals surface area contributed by atoms with E-state index in [-0.39, 0.29) is 11.8 Å². The molecule has 0 bridgehead atoms. The van der Waals surface area contributed by atoms with Crippen molar-refractivity contribution in [3.63, 3.8) is 0 Å². The molecule has 0 spiro atoms. The molecule has 0 aliphatic heterocycles. The molecule has 0 aromatic heterocycles. The van der Waals surface area contributed by atoms with Crippen molar-refractivity contribution in [2.45, 2.75) is 46.1 Å². The maximum atomic E-state index is 13.0. The molecule has 0 radical (unpaired) electrons. The van der Waals surface area contributed by atoms with Crippen molar-refractivity contribution in [3.05, 3.63) is 60.2 Å². The fourth-order valence-electron chi connectivity index (χ4n) is 3.25. The topological polar surface area (TPSA) is 67.9 Å². The summed E-state index contributed by atoms with van der Waals surface area (Å²) in [5.74, 6) is 1.71. The molecule has 6 nitrogen and oxygen atoms in total. The molecule has 0 heterocycles. The highest BCUT2D eigenvalue weighted by atomic mass is 16.5. The molecule has 1 N–H and O–H groups in total. The summed E-state index contributed by atoms with van der Waals surface area (Å²) in [5, 5.41) is 2.95. The molecule has 0 fully saturated rings. The van der Waals surface area contributed by atoms with Crippen LogP contribution in [-0.4, -0.2) is 49.6 Å². The number of hydrogen-bond acceptors (Lipinski definition) is 4. The minimum Gasteiger partial charge on any atom is -0.497 e. The first-order valence-electron chi connectivity index (χ1n) is 11.3. The third-order valence-electron chi connectivity index (χ3n) is 5.20. The van der Waals surface area contributed by atoms with Gasteiger partial charge in [-0.25, -0.2) is 0 Å². The van der Waals surface area contributed by atoms with Gasteiger partial charge >= 0.3 is 0 Å². The van der Waals surface area contributed by atoms with Crippen LogP contribution in [0.25, 0.3) is 0 Å². The number of carbonyl (C=O) groups excluding carboxylic acids is 2. The maximum absolute atomic E-state index is 13.0. The maximum Gasteiger partial charge on any atom is 0.242 e. The largest absolute Gasteiger partial charge is 0.497 e. The smallest absolute Gasteiger partial charge is 0.242 e. The molecule has 32 heavy (non-hydrogen) atoms. The summed E-state index contributed by atoms with van der Waals surface area (Å²) in [6, 6.07) is 16.8. The van der Waals surface area contributed by atoms with Gasteiger partial charge in [0.15, 0.2) is 0 Å². The Kier molecular flexibility index (Phi) is 10.6. The van der Waals surface area contributed by atoms with Crippen LogP contribution in [0.15, 0.2) is 54.6 Å². The predicted octanol–water partition coefficient (Wildman–Crippen LogP) is 4.09. The van der Waals surface area contributed by atoms with Gasteiger partial charge < -0.3 is 19.7 Å². The lowest BCUT2D eigenvalue weighted by atomic mass is 10.1. The molecule has 0 unspecified atom stereocenters. The second kappa shape index (κ2) is 13.4. The number of nitrogens with one attached hydrogen (secondary N) is 1. The normalized spacial score (nSPS) is 11.7. The van der Waals surface area contributed by atoms with Crippen molar-refractivity contribution in [2.24, 2.45) is 5.92 Å². The SMILES string of the molecule is COc1ccc(OCCCC(=O)N(CCc2ccccc2)[C@@H](C)C(=O)NCC(C)C)cc1. The highest BCUT2D eigenvalue weighted by Crippen LogP contribution is 2.17. The van der Waals surface area contributed by atoms with Gasteiger partial charge in [0, 0.05) is 19.5 Å². The third-order valence-corrected chi connectivity index (χ3v) is 5.20. The van der Waals surface area contributed by atoms with Gasteiger partial charge in [-0.2, -0.15) is 0 Å². The van der Waals surface area contributed by atoms with E-state index in [4.69, 9.17) is 9.47 Å². The first-order chi connectivity index (χ1) is 15.4. The number of benzene rings is 2. The fourth-order valence-corrected chi connectivity index (χ4v) is 3.25. The van der Waals surface area contributed by atoms with Crippen molar-refractivity contribution < 1.29 is 19.1 Å². The highest BCUT2D eigenvalue weighted by molar-refractivity contribution is 5.87. The Morgan fingerprint density at radius 3 is 2.25 bits per heavy atom. The van der Waals surface area contributed by atoms with Gasteiger partial charge in [-0.15, -0.1) is 0 Å². The zero-order chi connectivity index (χ0) is 23.3.